The van der Waals surface area contributed by atoms with Crippen LogP contribution < -0.4 is 8.92 Å². The van der Waals surface area contributed by atoms with Crippen molar-refractivity contribution in [1.82, 2.24) is 0 Å². The first-order valence-electron chi connectivity index (χ1n) is 4.12. The number of ether oxygens (including phenoxy) is 1. The van der Waals surface area contributed by atoms with Crippen molar-refractivity contribution in [1.29, 1.82) is 0 Å². The van der Waals surface area contributed by atoms with Gasteiger partial charge in [0.25, 0.3) is 0 Å². The summed E-state index contributed by atoms with van der Waals surface area (Å²) in [5.74, 6) is -0.802. The van der Waals surface area contributed by atoms with Gasteiger partial charge >= 0.3 is 15.6 Å². The Balaban J connectivity index is 3.21. The molecular weight excluding hydrogens is 320 g/mol. The van der Waals surface area contributed by atoms with Crippen LogP contribution in [0.15, 0.2) is 12.1 Å². The maximum absolute atomic E-state index is 12.1. The minimum absolute atomic E-state index is 0.000688. The van der Waals surface area contributed by atoms with E-state index >= 15 is 0 Å². The summed E-state index contributed by atoms with van der Waals surface area (Å²) in [6.07, 6.45) is 0. The molecule has 0 amide bonds. The zero-order valence-corrected chi connectivity index (χ0v) is 10.9. The topological polar surface area (TPSA) is 52.6 Å². The third kappa shape index (κ3) is 3.12. The molecule has 0 aliphatic rings. The Labute approximate surface area is 110 Å². The molecule has 0 saturated heterocycles. The molecule has 10 heteroatoms. The van der Waals surface area contributed by atoms with Crippen LogP contribution >= 0.6 is 23.2 Å². The summed E-state index contributed by atoms with van der Waals surface area (Å²) < 4.78 is 66.4. The summed E-state index contributed by atoms with van der Waals surface area (Å²) in [5, 5.41) is -0.395. The van der Waals surface area contributed by atoms with E-state index in [2.05, 4.69) is 4.18 Å². The van der Waals surface area contributed by atoms with Crippen LogP contribution in [0, 0.1) is 0 Å². The lowest BCUT2D eigenvalue weighted by Gasteiger charge is -2.12. The van der Waals surface area contributed by atoms with Crippen molar-refractivity contribution in [3.63, 3.8) is 0 Å². The standard InChI is InChI=1S/C8H5Cl2F3O4S/c1-16-6-3-7(5(10)2-4(6)9)17-18(14,15)8(11,12)13/h2-3H,1H3. The summed E-state index contributed by atoms with van der Waals surface area (Å²) in [6, 6.07) is 1.84. The second-order valence-electron chi connectivity index (χ2n) is 2.90. The van der Waals surface area contributed by atoms with E-state index in [1.54, 1.807) is 0 Å². The van der Waals surface area contributed by atoms with E-state index < -0.39 is 26.4 Å². The highest BCUT2D eigenvalue weighted by Gasteiger charge is 2.48. The molecular formula is C8H5Cl2F3O4S. The molecule has 0 aromatic heterocycles. The number of methoxy groups -OCH3 is 1. The van der Waals surface area contributed by atoms with Gasteiger partial charge in [-0.05, 0) is 6.07 Å². The Morgan fingerprint density at radius 3 is 2.06 bits per heavy atom. The van der Waals surface area contributed by atoms with Gasteiger partial charge in [-0.3, -0.25) is 0 Å². The summed E-state index contributed by atoms with van der Waals surface area (Å²) in [4.78, 5) is 0. The Hall–Kier alpha value is -0.860. The normalized spacial score (nSPS) is 12.3. The summed E-state index contributed by atoms with van der Waals surface area (Å²) in [5.41, 5.74) is -5.55. The van der Waals surface area contributed by atoms with Gasteiger partial charge < -0.3 is 8.92 Å². The molecule has 0 fully saturated rings. The predicted molar refractivity (Wildman–Crippen MR) is 58.6 cm³/mol. The van der Waals surface area contributed by atoms with Gasteiger partial charge in [0.05, 0.1) is 17.2 Å². The molecule has 0 radical (unpaired) electrons. The van der Waals surface area contributed by atoms with Crippen LogP contribution in [0.5, 0.6) is 11.5 Å². The molecule has 0 saturated carbocycles. The van der Waals surface area contributed by atoms with E-state index in [0.717, 1.165) is 12.1 Å². The number of alkyl halides is 3. The molecule has 0 atom stereocenters. The molecule has 4 nitrogen and oxygen atoms in total. The van der Waals surface area contributed by atoms with Gasteiger partial charge in [-0.2, -0.15) is 21.6 Å². The number of benzene rings is 1. The van der Waals surface area contributed by atoms with Crippen molar-refractivity contribution >= 4 is 33.3 Å². The van der Waals surface area contributed by atoms with E-state index in [1.807, 2.05) is 0 Å². The van der Waals surface area contributed by atoms with Crippen LogP contribution in [0.3, 0.4) is 0 Å². The third-order valence-electron chi connectivity index (χ3n) is 1.69. The highest BCUT2D eigenvalue weighted by atomic mass is 35.5. The van der Waals surface area contributed by atoms with Crippen LogP contribution in [-0.4, -0.2) is 21.0 Å². The summed E-state index contributed by atoms with van der Waals surface area (Å²) in [6.45, 7) is 0. The monoisotopic (exact) mass is 324 g/mol. The van der Waals surface area contributed by atoms with Crippen LogP contribution in [0.1, 0.15) is 0 Å². The summed E-state index contributed by atoms with van der Waals surface area (Å²) in [7, 11) is -4.60. The smallest absolute Gasteiger partial charge is 0.495 e. The van der Waals surface area contributed by atoms with Crippen molar-refractivity contribution < 1.29 is 30.5 Å². The zero-order valence-electron chi connectivity index (χ0n) is 8.59. The van der Waals surface area contributed by atoms with Crippen LogP contribution in [0.4, 0.5) is 13.2 Å². The highest BCUT2D eigenvalue weighted by molar-refractivity contribution is 7.88. The van der Waals surface area contributed by atoms with Gasteiger partial charge in [0.1, 0.15) is 5.75 Å². The van der Waals surface area contributed by atoms with E-state index in [-0.39, 0.29) is 10.8 Å². The number of rotatable bonds is 3. The molecule has 1 rings (SSSR count). The first-order valence-corrected chi connectivity index (χ1v) is 6.28. The van der Waals surface area contributed by atoms with Gasteiger partial charge in [-0.1, -0.05) is 23.2 Å². The number of hydrogen-bond acceptors (Lipinski definition) is 4. The van der Waals surface area contributed by atoms with Gasteiger partial charge in [-0.15, -0.1) is 0 Å². The summed E-state index contributed by atoms with van der Waals surface area (Å²) >= 11 is 11.1. The average molecular weight is 325 g/mol. The van der Waals surface area contributed by atoms with Crippen LogP contribution in [0.25, 0.3) is 0 Å². The van der Waals surface area contributed by atoms with Gasteiger partial charge in [0, 0.05) is 6.07 Å². The minimum atomic E-state index is -5.79. The number of hydrogen-bond donors (Lipinski definition) is 0. The van der Waals surface area contributed by atoms with Gasteiger partial charge in [0.2, 0.25) is 0 Å². The molecule has 18 heavy (non-hydrogen) atoms. The molecule has 0 N–H and O–H groups in total. The molecule has 0 aliphatic heterocycles. The quantitative estimate of drug-likeness (QED) is 0.632. The lowest BCUT2D eigenvalue weighted by Crippen LogP contribution is -2.28. The highest BCUT2D eigenvalue weighted by Crippen LogP contribution is 2.38. The SMILES string of the molecule is COc1cc(OS(=O)(=O)C(F)(F)F)c(Cl)cc1Cl. The predicted octanol–water partition coefficient (Wildman–Crippen LogP) is 3.23. The van der Waals surface area contributed by atoms with Crippen molar-refractivity contribution in [2.75, 3.05) is 7.11 Å². The Morgan fingerprint density at radius 2 is 1.61 bits per heavy atom. The third-order valence-corrected chi connectivity index (χ3v) is 3.25. The number of halogens is 5. The largest absolute Gasteiger partial charge is 0.534 e. The van der Waals surface area contributed by atoms with Crippen molar-refractivity contribution in [2.24, 2.45) is 0 Å². The first kappa shape index (κ1) is 15.2. The van der Waals surface area contributed by atoms with Gasteiger partial charge in [-0.25, -0.2) is 0 Å². The Bertz CT molecular complexity index is 556. The van der Waals surface area contributed by atoms with Crippen molar-refractivity contribution in [3.05, 3.63) is 22.2 Å². The van der Waals surface area contributed by atoms with E-state index in [4.69, 9.17) is 27.9 Å². The fourth-order valence-electron chi connectivity index (χ4n) is 0.896. The lowest BCUT2D eigenvalue weighted by atomic mass is 10.3. The second-order valence-corrected chi connectivity index (χ2v) is 5.25. The van der Waals surface area contributed by atoms with Crippen LogP contribution in [0.2, 0.25) is 10.0 Å². The van der Waals surface area contributed by atoms with Crippen molar-refractivity contribution in [2.45, 2.75) is 5.51 Å². The zero-order chi connectivity index (χ0) is 14.1. The maximum atomic E-state index is 12.1. The molecule has 0 spiro atoms. The average Bonchev–Trinajstić information content (AvgIpc) is 2.20. The lowest BCUT2D eigenvalue weighted by molar-refractivity contribution is -0.0500. The first-order chi connectivity index (χ1) is 8.08. The van der Waals surface area contributed by atoms with E-state index in [9.17, 15) is 21.6 Å². The molecule has 1 aromatic rings. The fraction of sp³-hybridized carbons (Fsp3) is 0.250. The maximum Gasteiger partial charge on any atom is 0.534 e. The van der Waals surface area contributed by atoms with Gasteiger partial charge in [0.15, 0.2) is 5.75 Å². The van der Waals surface area contributed by atoms with E-state index in [0.29, 0.717) is 0 Å². The molecule has 0 unspecified atom stereocenters. The fourth-order valence-corrected chi connectivity index (χ4v) is 1.91. The van der Waals surface area contributed by atoms with E-state index in [1.165, 1.54) is 7.11 Å². The minimum Gasteiger partial charge on any atom is -0.495 e. The van der Waals surface area contributed by atoms with Crippen molar-refractivity contribution in [3.8, 4) is 11.5 Å². The molecule has 102 valence electrons. The molecule has 0 heterocycles. The molecule has 0 bridgehead atoms. The molecule has 1 aromatic carbocycles. The molecule has 0 aliphatic carbocycles. The van der Waals surface area contributed by atoms with Crippen LogP contribution in [-0.2, 0) is 10.1 Å². The Morgan fingerprint density at radius 1 is 1.11 bits per heavy atom. The second kappa shape index (κ2) is 5.02. The Kier molecular flexibility index (Phi) is 4.24.